The van der Waals surface area contributed by atoms with E-state index in [1.54, 1.807) is 0 Å². The quantitative estimate of drug-likeness (QED) is 0.173. The van der Waals surface area contributed by atoms with Gasteiger partial charge in [0.25, 0.3) is 0 Å². The summed E-state index contributed by atoms with van der Waals surface area (Å²) in [4.78, 5) is 0. The van der Waals surface area contributed by atoms with Gasteiger partial charge in [-0.05, 0) is 254 Å². The van der Waals surface area contributed by atoms with Gasteiger partial charge in [-0.1, -0.05) is 278 Å². The first-order chi connectivity index (χ1) is 69.6. The second-order valence-corrected chi connectivity index (χ2v) is 46.1. The van der Waals surface area contributed by atoms with Crippen LogP contribution in [0.15, 0.2) is 417 Å². The normalized spacial score (nSPS) is 12.5. The lowest BCUT2D eigenvalue weighted by molar-refractivity contribution is 0.423. The Kier molecular flexibility index (Phi) is 21.0. The van der Waals surface area contributed by atoms with E-state index in [0.29, 0.717) is 0 Å². The highest BCUT2D eigenvalue weighted by Gasteiger charge is 2.29. The molecule has 0 unspecified atom stereocenters. The van der Waals surface area contributed by atoms with Crippen molar-refractivity contribution in [2.75, 3.05) is 0 Å². The van der Waals surface area contributed by atoms with Crippen LogP contribution < -0.4 is 0 Å². The van der Waals surface area contributed by atoms with Crippen molar-refractivity contribution in [1.82, 2.24) is 32.0 Å². The fourth-order valence-electron chi connectivity index (χ4n) is 23.1. The highest BCUT2D eigenvalue weighted by molar-refractivity contribution is 7.26. The number of para-hydroxylation sites is 10. The summed E-state index contributed by atoms with van der Waals surface area (Å²) in [6, 6.07) is 150. The van der Waals surface area contributed by atoms with Crippen LogP contribution in [-0.2, 0) is 27.4 Å². The Hall–Kier alpha value is -16.0. The molecule has 0 atom stereocenters. The molecule has 0 fully saturated rings. The van der Waals surface area contributed by atoms with Gasteiger partial charge in [-0.15, -0.1) is 22.7 Å². The van der Waals surface area contributed by atoms with Crippen molar-refractivity contribution in [3.05, 3.63) is 424 Å². The summed E-state index contributed by atoms with van der Waals surface area (Å²) in [5, 5.41) is 26.2. The third-order valence-electron chi connectivity index (χ3n) is 29.5. The molecule has 0 amide bonds. The van der Waals surface area contributed by atoms with E-state index in [1.807, 2.05) is 34.8 Å². The smallest absolute Gasteiger partial charge is 0.137 e. The fourth-order valence-corrected chi connectivity index (χ4v) is 25.3. The lowest BCUT2D eigenvalue weighted by atomic mass is 9.86. The van der Waals surface area contributed by atoms with E-state index in [-0.39, 0.29) is 27.4 Å². The molecule has 0 bridgehead atoms. The fraction of sp³-hybridized carbons (Fsp3) is 0.149. The number of hydrogen-bond donors (Lipinski definition) is 0. The molecular weight excluding hydrogens is 1790 g/mol. The van der Waals surface area contributed by atoms with Crippen molar-refractivity contribution >= 4 is 238 Å². The molecule has 10 aromatic heterocycles. The van der Waals surface area contributed by atoms with E-state index in [4.69, 9.17) is 4.42 Å². The Morgan fingerprint density at radius 1 is 0.160 bits per heavy atom. The summed E-state index contributed by atoms with van der Waals surface area (Å²) in [5.74, 6) is 0. The zero-order valence-electron chi connectivity index (χ0n) is 84.1. The van der Waals surface area contributed by atoms with Crippen LogP contribution in [0.2, 0.25) is 0 Å². The average molecular weight is 1900 g/mol. The summed E-state index contributed by atoms with van der Waals surface area (Å²) in [6.07, 6.45) is 0. The number of fused-ring (bicyclic) bond motifs is 30. The van der Waals surface area contributed by atoms with Crippen molar-refractivity contribution in [1.29, 1.82) is 0 Å². The molecule has 29 rings (SSSR count). The number of hydrogen-bond acceptors (Lipinski definition) is 3. The second-order valence-electron chi connectivity index (χ2n) is 43.9. The first kappa shape index (κ1) is 89.4. The minimum atomic E-state index is -0.0153. The predicted octanol–water partition coefficient (Wildman–Crippen LogP) is 38.6. The summed E-state index contributed by atoms with van der Waals surface area (Å²) in [7, 11) is 0. The van der Waals surface area contributed by atoms with Crippen LogP contribution in [0.25, 0.3) is 238 Å². The van der Waals surface area contributed by atoms with Crippen molar-refractivity contribution < 1.29 is 4.42 Å². The zero-order chi connectivity index (χ0) is 98.3. The first-order valence-electron chi connectivity index (χ1n) is 50.4. The SMILES string of the molecule is CC(C)(C)c1ccc(-n2c3ccccc3c3cc4sc5ccccc5c4cc32)cc1.CC(C)(C)c1ccc2c(c1)c1cc3c4ccccc4n(-c4ccccc4)c3cc1n2-c1ccccc1.CC(C)(C)n1c2ccccc2c2cc3c(cc21)oc1ccccc13.CC(C)(C)n1c2ccccc2c2cc3c(cc21)sc1ccccc13.CC(C)(C)n1c2ccccc2c2cc3c4ccccc4n(-c4ccccc4)c3cc21. The minimum absolute atomic E-state index is 0.00104. The molecule has 0 aliphatic carbocycles. The summed E-state index contributed by atoms with van der Waals surface area (Å²) in [6.45, 7) is 34.1. The Balaban J connectivity index is 0.0000000950. The van der Waals surface area contributed by atoms with Crippen molar-refractivity contribution in [2.24, 2.45) is 0 Å². The Morgan fingerprint density at radius 3 is 0.861 bits per heavy atom. The van der Waals surface area contributed by atoms with Gasteiger partial charge in [0.15, 0.2) is 0 Å². The Morgan fingerprint density at radius 2 is 0.438 bits per heavy atom. The molecule has 144 heavy (non-hydrogen) atoms. The largest absolute Gasteiger partial charge is 0.456 e. The zero-order valence-corrected chi connectivity index (χ0v) is 85.7. The number of thiophene rings is 2. The molecule has 10 heterocycles. The third-order valence-corrected chi connectivity index (χ3v) is 31.7. The van der Waals surface area contributed by atoms with Gasteiger partial charge < -0.3 is 36.4 Å². The number of nitrogens with zero attached hydrogens (tertiary/aromatic N) is 7. The van der Waals surface area contributed by atoms with Crippen molar-refractivity contribution in [2.45, 2.75) is 131 Å². The maximum atomic E-state index is 6.11. The molecule has 0 saturated heterocycles. The molecule has 0 aliphatic heterocycles. The Labute approximate surface area is 845 Å². The maximum Gasteiger partial charge on any atom is 0.137 e. The summed E-state index contributed by atoms with van der Waals surface area (Å²) in [5.41, 5.74) is 27.4. The van der Waals surface area contributed by atoms with Gasteiger partial charge in [0, 0.05) is 189 Å². The van der Waals surface area contributed by atoms with Gasteiger partial charge >= 0.3 is 0 Å². The van der Waals surface area contributed by atoms with E-state index in [2.05, 4.69) is 536 Å². The van der Waals surface area contributed by atoms with Crippen LogP contribution in [0.1, 0.15) is 115 Å². The summed E-state index contributed by atoms with van der Waals surface area (Å²) < 4.78 is 28.6. The van der Waals surface area contributed by atoms with Crippen molar-refractivity contribution in [3.63, 3.8) is 0 Å². The van der Waals surface area contributed by atoms with Crippen LogP contribution in [0, 0.1) is 0 Å². The van der Waals surface area contributed by atoms with Gasteiger partial charge in [-0.2, -0.15) is 0 Å². The molecule has 0 spiro atoms. The number of benzene rings is 19. The third kappa shape index (κ3) is 14.9. The van der Waals surface area contributed by atoms with E-state index in [9.17, 15) is 0 Å². The van der Waals surface area contributed by atoms with Gasteiger partial charge in [-0.25, -0.2) is 0 Å². The molecular formula is C134H113N7OS2. The van der Waals surface area contributed by atoms with Crippen LogP contribution >= 0.6 is 22.7 Å². The minimum Gasteiger partial charge on any atom is -0.456 e. The van der Waals surface area contributed by atoms with E-state index in [0.717, 1.165) is 11.2 Å². The van der Waals surface area contributed by atoms with Crippen LogP contribution in [0.3, 0.4) is 0 Å². The molecule has 0 N–H and O–H groups in total. The van der Waals surface area contributed by atoms with E-state index in [1.165, 1.54) is 238 Å². The molecule has 8 nitrogen and oxygen atoms in total. The molecule has 10 heteroatoms. The second kappa shape index (κ2) is 33.9. The first-order valence-corrected chi connectivity index (χ1v) is 52.1. The standard InChI is InChI=1S/C34H28N2.C28H24N2.C28H23NS.C22H19NO.C22H19NS/c1-34(2,3)23-18-19-31-27(20-23)29-21-28-26-16-10-11-17-30(26)35(24-12-6-4-7-13-24)32(28)22-33(29)36(31)25-14-8-5-9-15-25;1-28(2,3)30-25-16-10-8-14-21(25)23-17-22-20-13-7-9-15-24(20)29(26(22)18-27(23)30)19-11-5-4-6-12-19;1-28(2,3)18-12-14-19(15-13-18)29-24-10-6-4-8-20(24)22-17-27-23(16-25(22)29)21-9-5-7-11-26(21)30-27;2*1-22(2,3)23-18-10-6-4-8-14(18)16-12-17-15-9-5-7-11-20(15)24-21(17)13-19(16)23/h4-22H,1-3H3;4-18H,1-3H3;4-17H,1-3H3;2*4-13H,1-3H3. The number of furan rings is 1. The lowest BCUT2D eigenvalue weighted by Gasteiger charge is -2.24. The maximum absolute atomic E-state index is 6.11. The monoisotopic (exact) mass is 1900 g/mol. The highest BCUT2D eigenvalue weighted by Crippen LogP contribution is 2.49. The van der Waals surface area contributed by atoms with Gasteiger partial charge in [-0.3, -0.25) is 0 Å². The molecule has 0 aliphatic rings. The van der Waals surface area contributed by atoms with E-state index >= 15 is 0 Å². The molecule has 702 valence electrons. The molecule has 0 saturated carbocycles. The number of aromatic nitrogens is 7. The summed E-state index contributed by atoms with van der Waals surface area (Å²) >= 11 is 3.78. The Bertz CT molecular complexity index is 9970. The van der Waals surface area contributed by atoms with Crippen LogP contribution in [0.5, 0.6) is 0 Å². The van der Waals surface area contributed by atoms with Gasteiger partial charge in [0.05, 0.1) is 60.7 Å². The van der Waals surface area contributed by atoms with Crippen LogP contribution in [-0.4, -0.2) is 32.0 Å². The molecule has 0 radical (unpaired) electrons. The molecule has 19 aromatic carbocycles. The lowest BCUT2D eigenvalue weighted by Crippen LogP contribution is -2.21. The van der Waals surface area contributed by atoms with Crippen molar-refractivity contribution in [3.8, 4) is 22.7 Å². The topological polar surface area (TPSA) is 47.6 Å². The van der Waals surface area contributed by atoms with Crippen LogP contribution in [0.4, 0.5) is 0 Å². The molecule has 29 aromatic rings. The average Bonchev–Trinajstić information content (AvgIpc) is 1.82. The van der Waals surface area contributed by atoms with E-state index < -0.39 is 0 Å². The predicted molar refractivity (Wildman–Crippen MR) is 624 cm³/mol. The number of rotatable bonds is 4. The van der Waals surface area contributed by atoms with Gasteiger partial charge in [0.1, 0.15) is 11.2 Å². The van der Waals surface area contributed by atoms with Gasteiger partial charge in [0.2, 0.25) is 0 Å². The highest BCUT2D eigenvalue weighted by atomic mass is 32.1.